The summed E-state index contributed by atoms with van der Waals surface area (Å²) in [4.78, 5) is 4.52. The number of aromatic nitrogens is 2. The first-order valence-corrected chi connectivity index (χ1v) is 6.50. The van der Waals surface area contributed by atoms with Gasteiger partial charge in [-0.25, -0.2) is 0 Å². The number of nitrogens with zero attached hydrogens (tertiary/aromatic N) is 2. The number of rotatable bonds is 3. The van der Waals surface area contributed by atoms with Crippen LogP contribution >= 0.6 is 0 Å². The lowest BCUT2D eigenvalue weighted by Crippen LogP contribution is -1.96. The summed E-state index contributed by atoms with van der Waals surface area (Å²) in [5.41, 5.74) is 7.67. The van der Waals surface area contributed by atoms with Crippen LogP contribution < -0.4 is 5.73 Å². The maximum atomic E-state index is 5.63. The Morgan fingerprint density at radius 2 is 2.11 bits per heavy atom. The van der Waals surface area contributed by atoms with Gasteiger partial charge in [0, 0.05) is 18.0 Å². The van der Waals surface area contributed by atoms with Gasteiger partial charge in [-0.2, -0.15) is 4.98 Å². The van der Waals surface area contributed by atoms with Crippen LogP contribution in [0.15, 0.2) is 28.8 Å². The van der Waals surface area contributed by atoms with Crippen LogP contribution in [0, 0.1) is 0 Å². The average Bonchev–Trinajstić information content (AvgIpc) is 3.09. The van der Waals surface area contributed by atoms with E-state index in [1.807, 2.05) is 24.3 Å². The zero-order valence-electron chi connectivity index (χ0n) is 10.3. The van der Waals surface area contributed by atoms with Gasteiger partial charge in [-0.3, -0.25) is 0 Å². The van der Waals surface area contributed by atoms with Crippen LogP contribution in [0.4, 0.5) is 0 Å². The van der Waals surface area contributed by atoms with E-state index in [1.54, 1.807) is 0 Å². The fourth-order valence-corrected chi connectivity index (χ4v) is 2.53. The molecule has 1 aromatic carbocycles. The molecule has 0 amide bonds. The Labute approximate surface area is 106 Å². The van der Waals surface area contributed by atoms with Crippen LogP contribution in [-0.4, -0.2) is 10.1 Å². The van der Waals surface area contributed by atoms with E-state index in [1.165, 1.54) is 25.7 Å². The molecule has 0 bridgehead atoms. The predicted octanol–water partition coefficient (Wildman–Crippen LogP) is 2.85. The molecule has 0 radical (unpaired) electrons. The first-order chi connectivity index (χ1) is 8.86. The quantitative estimate of drug-likeness (QED) is 0.900. The van der Waals surface area contributed by atoms with E-state index in [0.29, 0.717) is 18.4 Å². The second kappa shape index (κ2) is 4.90. The standard InChI is InChI=1S/C14H17N3O/c15-9-10-4-3-7-12(8-10)14-16-13(17-18-14)11-5-1-2-6-11/h3-4,7-8,11H,1-2,5-6,9,15H2. The molecule has 0 saturated heterocycles. The van der Waals surface area contributed by atoms with E-state index in [9.17, 15) is 0 Å². The Bertz CT molecular complexity index is 529. The van der Waals surface area contributed by atoms with Crippen molar-refractivity contribution in [3.8, 4) is 11.5 Å². The minimum Gasteiger partial charge on any atom is -0.334 e. The zero-order chi connectivity index (χ0) is 12.4. The van der Waals surface area contributed by atoms with Crippen molar-refractivity contribution in [3.05, 3.63) is 35.7 Å². The third-order valence-electron chi connectivity index (χ3n) is 3.57. The normalized spacial score (nSPS) is 16.3. The van der Waals surface area contributed by atoms with E-state index < -0.39 is 0 Å². The van der Waals surface area contributed by atoms with Crippen molar-refractivity contribution in [2.24, 2.45) is 5.73 Å². The molecule has 4 nitrogen and oxygen atoms in total. The highest BCUT2D eigenvalue weighted by atomic mass is 16.5. The van der Waals surface area contributed by atoms with Crippen LogP contribution in [0.25, 0.3) is 11.5 Å². The summed E-state index contributed by atoms with van der Waals surface area (Å²) in [6.07, 6.45) is 4.91. The first kappa shape index (κ1) is 11.4. The van der Waals surface area contributed by atoms with E-state index in [0.717, 1.165) is 17.0 Å². The summed E-state index contributed by atoms with van der Waals surface area (Å²) < 4.78 is 5.36. The summed E-state index contributed by atoms with van der Waals surface area (Å²) in [6.45, 7) is 0.525. The lowest BCUT2D eigenvalue weighted by Gasteiger charge is -2.00. The smallest absolute Gasteiger partial charge is 0.257 e. The maximum absolute atomic E-state index is 5.63. The topological polar surface area (TPSA) is 64.9 Å². The van der Waals surface area contributed by atoms with Gasteiger partial charge in [-0.05, 0) is 30.5 Å². The fourth-order valence-electron chi connectivity index (χ4n) is 2.53. The Kier molecular flexibility index (Phi) is 3.11. The summed E-state index contributed by atoms with van der Waals surface area (Å²) >= 11 is 0. The average molecular weight is 243 g/mol. The minimum absolute atomic E-state index is 0.486. The first-order valence-electron chi connectivity index (χ1n) is 6.50. The van der Waals surface area contributed by atoms with Crippen molar-refractivity contribution in [2.45, 2.75) is 38.1 Å². The van der Waals surface area contributed by atoms with Gasteiger partial charge in [-0.1, -0.05) is 30.1 Å². The van der Waals surface area contributed by atoms with Crippen molar-refractivity contribution in [3.63, 3.8) is 0 Å². The summed E-state index contributed by atoms with van der Waals surface area (Å²) in [6, 6.07) is 7.95. The second-order valence-corrected chi connectivity index (χ2v) is 4.84. The van der Waals surface area contributed by atoms with E-state index in [2.05, 4.69) is 10.1 Å². The Balaban J connectivity index is 1.87. The molecule has 0 spiro atoms. The molecule has 0 unspecified atom stereocenters. The van der Waals surface area contributed by atoms with Crippen LogP contribution in [0.1, 0.15) is 43.0 Å². The van der Waals surface area contributed by atoms with Gasteiger partial charge >= 0.3 is 0 Å². The van der Waals surface area contributed by atoms with Crippen molar-refractivity contribution >= 4 is 0 Å². The Morgan fingerprint density at radius 1 is 1.28 bits per heavy atom. The molecular weight excluding hydrogens is 226 g/mol. The van der Waals surface area contributed by atoms with Crippen molar-refractivity contribution in [1.29, 1.82) is 0 Å². The number of benzene rings is 1. The summed E-state index contributed by atoms with van der Waals surface area (Å²) in [5, 5.41) is 4.11. The maximum Gasteiger partial charge on any atom is 0.257 e. The molecule has 1 fully saturated rings. The van der Waals surface area contributed by atoms with Gasteiger partial charge in [0.2, 0.25) is 0 Å². The Hall–Kier alpha value is -1.68. The molecule has 1 aromatic heterocycles. The number of hydrogen-bond acceptors (Lipinski definition) is 4. The molecule has 1 heterocycles. The zero-order valence-corrected chi connectivity index (χ0v) is 10.3. The van der Waals surface area contributed by atoms with Gasteiger partial charge < -0.3 is 10.3 Å². The number of nitrogens with two attached hydrogens (primary N) is 1. The van der Waals surface area contributed by atoms with Gasteiger partial charge in [0.1, 0.15) is 0 Å². The molecule has 1 aliphatic carbocycles. The molecule has 18 heavy (non-hydrogen) atoms. The fraction of sp³-hybridized carbons (Fsp3) is 0.429. The highest BCUT2D eigenvalue weighted by Gasteiger charge is 2.22. The molecular formula is C14H17N3O. The molecule has 4 heteroatoms. The minimum atomic E-state index is 0.486. The molecule has 2 aromatic rings. The lowest BCUT2D eigenvalue weighted by molar-refractivity contribution is 0.416. The highest BCUT2D eigenvalue weighted by Crippen LogP contribution is 2.33. The molecule has 0 atom stereocenters. The largest absolute Gasteiger partial charge is 0.334 e. The van der Waals surface area contributed by atoms with Gasteiger partial charge in [0.05, 0.1) is 0 Å². The third-order valence-corrected chi connectivity index (χ3v) is 3.57. The van der Waals surface area contributed by atoms with Crippen molar-refractivity contribution in [1.82, 2.24) is 10.1 Å². The summed E-state index contributed by atoms with van der Waals surface area (Å²) in [7, 11) is 0. The number of hydrogen-bond donors (Lipinski definition) is 1. The molecule has 94 valence electrons. The van der Waals surface area contributed by atoms with Crippen molar-refractivity contribution in [2.75, 3.05) is 0 Å². The van der Waals surface area contributed by atoms with Gasteiger partial charge in [-0.15, -0.1) is 0 Å². The monoisotopic (exact) mass is 243 g/mol. The van der Waals surface area contributed by atoms with E-state index >= 15 is 0 Å². The van der Waals surface area contributed by atoms with Crippen LogP contribution in [0.5, 0.6) is 0 Å². The van der Waals surface area contributed by atoms with Crippen LogP contribution in [0.3, 0.4) is 0 Å². The second-order valence-electron chi connectivity index (χ2n) is 4.84. The predicted molar refractivity (Wildman–Crippen MR) is 68.8 cm³/mol. The Morgan fingerprint density at radius 3 is 2.89 bits per heavy atom. The van der Waals surface area contributed by atoms with E-state index in [4.69, 9.17) is 10.3 Å². The molecule has 3 rings (SSSR count). The molecule has 1 saturated carbocycles. The summed E-state index contributed by atoms with van der Waals surface area (Å²) in [5.74, 6) is 1.95. The van der Waals surface area contributed by atoms with Crippen molar-refractivity contribution < 1.29 is 4.52 Å². The SMILES string of the molecule is NCc1cccc(-c2nc(C3CCCC3)no2)c1. The van der Waals surface area contributed by atoms with E-state index in [-0.39, 0.29) is 0 Å². The third kappa shape index (κ3) is 2.16. The molecule has 0 aliphatic heterocycles. The van der Waals surface area contributed by atoms with Crippen LogP contribution in [0.2, 0.25) is 0 Å². The van der Waals surface area contributed by atoms with Gasteiger partial charge in [0.25, 0.3) is 5.89 Å². The molecule has 1 aliphatic rings. The lowest BCUT2D eigenvalue weighted by atomic mass is 10.1. The molecule has 2 N–H and O–H groups in total. The van der Waals surface area contributed by atoms with Crippen LogP contribution in [-0.2, 0) is 6.54 Å². The highest BCUT2D eigenvalue weighted by molar-refractivity contribution is 5.54. The van der Waals surface area contributed by atoms with Gasteiger partial charge in [0.15, 0.2) is 5.82 Å².